The Morgan fingerprint density at radius 1 is 1.07 bits per heavy atom. The van der Waals surface area contributed by atoms with Gasteiger partial charge in [0.25, 0.3) is 0 Å². The number of benzene rings is 2. The van der Waals surface area contributed by atoms with Crippen LogP contribution in [0.1, 0.15) is 25.1 Å². The van der Waals surface area contributed by atoms with E-state index in [4.69, 9.17) is 21.1 Å². The van der Waals surface area contributed by atoms with Gasteiger partial charge in [-0.2, -0.15) is 0 Å². The van der Waals surface area contributed by atoms with Crippen LogP contribution < -0.4 is 14.8 Å². The van der Waals surface area contributed by atoms with Crippen molar-refractivity contribution in [2.45, 2.75) is 26.7 Å². The molecule has 0 aliphatic carbocycles. The van der Waals surface area contributed by atoms with Gasteiger partial charge in [-0.3, -0.25) is 4.79 Å². The van der Waals surface area contributed by atoms with E-state index in [1.165, 1.54) is 11.3 Å². The summed E-state index contributed by atoms with van der Waals surface area (Å²) in [6, 6.07) is 13.4. The third-order valence-corrected chi connectivity index (χ3v) is 5.52. The van der Waals surface area contributed by atoms with Crippen molar-refractivity contribution < 1.29 is 14.3 Å². The summed E-state index contributed by atoms with van der Waals surface area (Å²) in [6.45, 7) is 5.60. The second kappa shape index (κ2) is 11.0. The highest BCUT2D eigenvalue weighted by Crippen LogP contribution is 2.29. The van der Waals surface area contributed by atoms with Gasteiger partial charge in [-0.25, -0.2) is 4.98 Å². The number of rotatable bonds is 10. The van der Waals surface area contributed by atoms with Gasteiger partial charge >= 0.3 is 0 Å². The van der Waals surface area contributed by atoms with Gasteiger partial charge in [-0.1, -0.05) is 29.8 Å². The zero-order valence-corrected chi connectivity index (χ0v) is 18.7. The molecule has 0 saturated heterocycles. The molecule has 0 radical (unpaired) electrons. The molecule has 5 nitrogen and oxygen atoms in total. The molecular formula is C23H25ClN2O3S. The van der Waals surface area contributed by atoms with Crippen molar-refractivity contribution in [2.24, 2.45) is 0 Å². The second-order valence-corrected chi connectivity index (χ2v) is 7.87. The Morgan fingerprint density at radius 2 is 1.80 bits per heavy atom. The number of carbonyl (C=O) groups excluding carboxylic acids is 1. The van der Waals surface area contributed by atoms with E-state index in [0.29, 0.717) is 31.2 Å². The molecule has 0 atom stereocenters. The molecule has 1 amide bonds. The number of aromatic nitrogens is 1. The van der Waals surface area contributed by atoms with Crippen LogP contribution in [0, 0.1) is 0 Å². The molecule has 3 rings (SSSR count). The number of thiazole rings is 1. The van der Waals surface area contributed by atoms with Crippen LogP contribution in [0.3, 0.4) is 0 Å². The van der Waals surface area contributed by atoms with E-state index in [0.717, 1.165) is 33.3 Å². The topological polar surface area (TPSA) is 60.5 Å². The van der Waals surface area contributed by atoms with Gasteiger partial charge in [-0.05, 0) is 50.1 Å². The zero-order valence-electron chi connectivity index (χ0n) is 17.1. The molecule has 0 unspecified atom stereocenters. The summed E-state index contributed by atoms with van der Waals surface area (Å²) >= 11 is 7.45. The van der Waals surface area contributed by atoms with Crippen molar-refractivity contribution in [3.63, 3.8) is 0 Å². The molecule has 2 aromatic carbocycles. The number of nitrogens with one attached hydrogen (secondary N) is 1. The predicted molar refractivity (Wildman–Crippen MR) is 122 cm³/mol. The maximum Gasteiger partial charge on any atom is 0.226 e. The molecule has 0 spiro atoms. The van der Waals surface area contributed by atoms with Crippen molar-refractivity contribution in [3.05, 3.63) is 64.1 Å². The molecule has 3 aromatic rings. The first-order chi connectivity index (χ1) is 14.6. The molecule has 1 N–H and O–H groups in total. The van der Waals surface area contributed by atoms with E-state index in [1.54, 1.807) is 0 Å². The summed E-state index contributed by atoms with van der Waals surface area (Å²) in [5.41, 5.74) is 2.85. The van der Waals surface area contributed by atoms with Crippen molar-refractivity contribution >= 4 is 28.8 Å². The van der Waals surface area contributed by atoms with Gasteiger partial charge in [0.15, 0.2) is 11.5 Å². The Balaban J connectivity index is 1.50. The molecule has 0 aliphatic heterocycles. The van der Waals surface area contributed by atoms with Crippen LogP contribution in [0.4, 0.5) is 0 Å². The number of halogens is 1. The Bertz CT molecular complexity index is 973. The molecule has 0 fully saturated rings. The number of hydrogen-bond donors (Lipinski definition) is 1. The van der Waals surface area contributed by atoms with Crippen molar-refractivity contribution in [3.8, 4) is 22.1 Å². The van der Waals surface area contributed by atoms with E-state index in [-0.39, 0.29) is 12.3 Å². The minimum atomic E-state index is -0.0427. The third kappa shape index (κ3) is 6.21. The van der Waals surface area contributed by atoms with E-state index in [9.17, 15) is 4.79 Å². The number of amides is 1. The minimum Gasteiger partial charge on any atom is -0.490 e. The van der Waals surface area contributed by atoms with E-state index in [1.807, 2.05) is 61.7 Å². The number of carbonyl (C=O) groups is 1. The molecule has 1 heterocycles. The van der Waals surface area contributed by atoms with E-state index in [2.05, 4.69) is 10.3 Å². The summed E-state index contributed by atoms with van der Waals surface area (Å²) in [6.07, 6.45) is 0.975. The van der Waals surface area contributed by atoms with Crippen LogP contribution in [0.25, 0.3) is 10.6 Å². The van der Waals surface area contributed by atoms with E-state index < -0.39 is 0 Å². The Labute approximate surface area is 186 Å². The standard InChI is InChI=1S/C23H25ClN2O3S/c1-3-28-20-10-5-16(13-21(20)29-4-2)11-12-25-22(27)14-19-15-30-23(26-19)17-6-8-18(24)9-7-17/h5-10,13,15H,3-4,11-12,14H2,1-2H3,(H,25,27). The fourth-order valence-electron chi connectivity index (χ4n) is 2.94. The van der Waals surface area contributed by atoms with Crippen molar-refractivity contribution in [1.82, 2.24) is 10.3 Å². The highest BCUT2D eigenvalue weighted by Gasteiger charge is 2.10. The highest BCUT2D eigenvalue weighted by molar-refractivity contribution is 7.13. The molecular weight excluding hydrogens is 420 g/mol. The minimum absolute atomic E-state index is 0.0427. The second-order valence-electron chi connectivity index (χ2n) is 6.57. The van der Waals surface area contributed by atoms with Gasteiger partial charge in [0.2, 0.25) is 5.91 Å². The maximum absolute atomic E-state index is 12.3. The molecule has 158 valence electrons. The monoisotopic (exact) mass is 444 g/mol. The summed E-state index contributed by atoms with van der Waals surface area (Å²) in [5.74, 6) is 1.44. The Hall–Kier alpha value is -2.57. The predicted octanol–water partition coefficient (Wildman–Crippen LogP) is 5.16. The van der Waals surface area contributed by atoms with Gasteiger partial charge in [0.1, 0.15) is 5.01 Å². The average Bonchev–Trinajstić information content (AvgIpc) is 3.19. The summed E-state index contributed by atoms with van der Waals surface area (Å²) in [7, 11) is 0. The SMILES string of the molecule is CCOc1ccc(CCNC(=O)Cc2csc(-c3ccc(Cl)cc3)n2)cc1OCC. The van der Waals surface area contributed by atoms with Crippen LogP contribution in [0.15, 0.2) is 47.8 Å². The first-order valence-corrected chi connectivity index (χ1v) is 11.2. The highest BCUT2D eigenvalue weighted by atomic mass is 35.5. The zero-order chi connectivity index (χ0) is 21.3. The van der Waals surface area contributed by atoms with Gasteiger partial charge in [0, 0.05) is 22.5 Å². The lowest BCUT2D eigenvalue weighted by Crippen LogP contribution is -2.27. The normalized spacial score (nSPS) is 10.6. The lowest BCUT2D eigenvalue weighted by molar-refractivity contribution is -0.120. The first kappa shape index (κ1) is 22.1. The molecule has 30 heavy (non-hydrogen) atoms. The van der Waals surface area contributed by atoms with Crippen LogP contribution in [0.2, 0.25) is 5.02 Å². The number of ether oxygens (including phenoxy) is 2. The largest absolute Gasteiger partial charge is 0.490 e. The summed E-state index contributed by atoms with van der Waals surface area (Å²) < 4.78 is 11.2. The number of nitrogens with zero attached hydrogens (tertiary/aromatic N) is 1. The molecule has 0 saturated carbocycles. The fraction of sp³-hybridized carbons (Fsp3) is 0.304. The molecule has 7 heteroatoms. The Morgan fingerprint density at radius 3 is 2.53 bits per heavy atom. The van der Waals surface area contributed by atoms with Crippen LogP contribution in [-0.4, -0.2) is 30.6 Å². The maximum atomic E-state index is 12.3. The van der Waals surface area contributed by atoms with Crippen LogP contribution in [-0.2, 0) is 17.6 Å². The average molecular weight is 445 g/mol. The summed E-state index contributed by atoms with van der Waals surface area (Å²) in [5, 5.41) is 6.46. The molecule has 1 aromatic heterocycles. The smallest absolute Gasteiger partial charge is 0.226 e. The van der Waals surface area contributed by atoms with Gasteiger partial charge < -0.3 is 14.8 Å². The first-order valence-electron chi connectivity index (χ1n) is 9.94. The lowest BCUT2D eigenvalue weighted by Gasteiger charge is -2.12. The van der Waals surface area contributed by atoms with Crippen LogP contribution >= 0.6 is 22.9 Å². The third-order valence-electron chi connectivity index (χ3n) is 4.33. The van der Waals surface area contributed by atoms with E-state index >= 15 is 0 Å². The molecule has 0 aliphatic rings. The molecule has 0 bridgehead atoms. The lowest BCUT2D eigenvalue weighted by atomic mass is 10.1. The van der Waals surface area contributed by atoms with Crippen LogP contribution in [0.5, 0.6) is 11.5 Å². The van der Waals surface area contributed by atoms with Gasteiger partial charge in [0.05, 0.1) is 25.3 Å². The summed E-state index contributed by atoms with van der Waals surface area (Å²) in [4.78, 5) is 16.9. The quantitative estimate of drug-likeness (QED) is 0.469. The van der Waals surface area contributed by atoms with Crippen molar-refractivity contribution in [2.75, 3.05) is 19.8 Å². The number of hydrogen-bond acceptors (Lipinski definition) is 5. The fourth-order valence-corrected chi connectivity index (χ4v) is 3.89. The van der Waals surface area contributed by atoms with Gasteiger partial charge in [-0.15, -0.1) is 11.3 Å². The Kier molecular flexibility index (Phi) is 8.11. The van der Waals surface area contributed by atoms with Crippen molar-refractivity contribution in [1.29, 1.82) is 0 Å².